The highest BCUT2D eigenvalue weighted by Gasteiger charge is 2.20. The van der Waals surface area contributed by atoms with Crippen LogP contribution in [0.15, 0.2) is 24.3 Å². The van der Waals surface area contributed by atoms with Crippen LogP contribution in [0.2, 0.25) is 0 Å². The van der Waals surface area contributed by atoms with Gasteiger partial charge in [0.2, 0.25) is 0 Å². The van der Waals surface area contributed by atoms with Crippen LogP contribution in [0, 0.1) is 11.7 Å². The van der Waals surface area contributed by atoms with Crippen LogP contribution in [0.25, 0.3) is 0 Å². The van der Waals surface area contributed by atoms with E-state index in [2.05, 4.69) is 33.0 Å². The molecule has 1 unspecified atom stereocenters. The second-order valence-corrected chi connectivity index (χ2v) is 6.73. The van der Waals surface area contributed by atoms with Crippen LogP contribution in [0.4, 0.5) is 4.39 Å². The Hall–Kier alpha value is -0.930. The van der Waals surface area contributed by atoms with Crippen LogP contribution in [-0.2, 0) is 11.2 Å². The molecule has 1 atom stereocenters. The van der Waals surface area contributed by atoms with Crippen LogP contribution >= 0.6 is 0 Å². The molecule has 3 heteroatoms. The summed E-state index contributed by atoms with van der Waals surface area (Å²) in [5.41, 5.74) is 0.689. The van der Waals surface area contributed by atoms with Crippen molar-refractivity contribution < 1.29 is 9.13 Å². The lowest BCUT2D eigenvalue weighted by Crippen LogP contribution is -2.32. The highest BCUT2D eigenvalue weighted by Crippen LogP contribution is 2.22. The first-order valence-electron chi connectivity index (χ1n) is 7.86. The molecule has 0 saturated carbocycles. The first-order chi connectivity index (χ1) is 9.84. The first kappa shape index (κ1) is 18.1. The minimum atomic E-state index is -0.120. The molecule has 1 N–H and O–H groups in total. The summed E-state index contributed by atoms with van der Waals surface area (Å²) in [4.78, 5) is 0. The molecular formula is C18H30FNO. The van der Waals surface area contributed by atoms with Crippen molar-refractivity contribution in [3.8, 4) is 0 Å². The van der Waals surface area contributed by atoms with E-state index >= 15 is 0 Å². The van der Waals surface area contributed by atoms with Gasteiger partial charge in [-0.05, 0) is 57.2 Å². The van der Waals surface area contributed by atoms with Gasteiger partial charge in [-0.1, -0.05) is 32.0 Å². The molecule has 0 aliphatic carbocycles. The van der Waals surface area contributed by atoms with E-state index in [0.717, 1.165) is 31.4 Å². The summed E-state index contributed by atoms with van der Waals surface area (Å²) in [6, 6.07) is 7.53. The van der Waals surface area contributed by atoms with Crippen molar-refractivity contribution in [3.63, 3.8) is 0 Å². The lowest BCUT2D eigenvalue weighted by molar-refractivity contribution is 0.0103. The summed E-state index contributed by atoms with van der Waals surface area (Å²) in [5, 5.41) is 3.48. The van der Waals surface area contributed by atoms with Gasteiger partial charge in [0.1, 0.15) is 5.82 Å². The minimum absolute atomic E-state index is 0.0990. The van der Waals surface area contributed by atoms with Crippen molar-refractivity contribution >= 4 is 0 Å². The van der Waals surface area contributed by atoms with Gasteiger partial charge in [-0.2, -0.15) is 0 Å². The lowest BCUT2D eigenvalue weighted by Gasteiger charge is -2.26. The molecule has 0 amide bonds. The van der Waals surface area contributed by atoms with Crippen molar-refractivity contribution in [1.29, 1.82) is 0 Å². The van der Waals surface area contributed by atoms with E-state index in [9.17, 15) is 4.39 Å². The molecule has 1 aromatic carbocycles. The normalized spacial score (nSPS) is 13.7. The summed E-state index contributed by atoms with van der Waals surface area (Å²) in [7, 11) is 1.75. The molecule has 0 aromatic heterocycles. The summed E-state index contributed by atoms with van der Waals surface area (Å²) in [6.45, 7) is 9.39. The van der Waals surface area contributed by atoms with E-state index in [4.69, 9.17) is 4.74 Å². The van der Waals surface area contributed by atoms with Crippen LogP contribution in [0.5, 0.6) is 0 Å². The predicted octanol–water partition coefficient (Wildman–Crippen LogP) is 4.19. The molecule has 0 bridgehead atoms. The zero-order chi connectivity index (χ0) is 15.9. The van der Waals surface area contributed by atoms with Gasteiger partial charge >= 0.3 is 0 Å². The lowest BCUT2D eigenvalue weighted by atomic mass is 9.89. The van der Waals surface area contributed by atoms with Gasteiger partial charge in [-0.25, -0.2) is 4.39 Å². The molecule has 0 aliphatic rings. The summed E-state index contributed by atoms with van der Waals surface area (Å²) in [5.74, 6) is 0.316. The van der Waals surface area contributed by atoms with Crippen LogP contribution < -0.4 is 5.32 Å². The van der Waals surface area contributed by atoms with E-state index in [1.807, 2.05) is 12.1 Å². The van der Waals surface area contributed by atoms with Gasteiger partial charge in [0.15, 0.2) is 0 Å². The molecule has 120 valence electrons. The Balaban J connectivity index is 2.66. The molecule has 2 nitrogen and oxygen atoms in total. The number of halogens is 1. The molecule has 0 heterocycles. The van der Waals surface area contributed by atoms with E-state index in [1.165, 1.54) is 0 Å². The van der Waals surface area contributed by atoms with Gasteiger partial charge in [-0.3, -0.25) is 0 Å². The van der Waals surface area contributed by atoms with Crippen molar-refractivity contribution in [2.45, 2.75) is 58.6 Å². The molecular weight excluding hydrogens is 265 g/mol. The molecule has 0 spiro atoms. The summed E-state index contributed by atoms with van der Waals surface area (Å²) < 4.78 is 19.3. The smallest absolute Gasteiger partial charge is 0.126 e. The first-order valence-corrected chi connectivity index (χ1v) is 7.86. The zero-order valence-electron chi connectivity index (χ0n) is 14.1. The second kappa shape index (κ2) is 8.50. The third-order valence-corrected chi connectivity index (χ3v) is 3.99. The Morgan fingerprint density at radius 1 is 1.24 bits per heavy atom. The van der Waals surface area contributed by atoms with Gasteiger partial charge in [0, 0.05) is 13.2 Å². The van der Waals surface area contributed by atoms with E-state index in [-0.39, 0.29) is 11.4 Å². The van der Waals surface area contributed by atoms with Crippen LogP contribution in [-0.4, -0.2) is 25.3 Å². The Morgan fingerprint density at radius 2 is 1.90 bits per heavy atom. The quantitative estimate of drug-likeness (QED) is 0.737. The average molecular weight is 295 g/mol. The topological polar surface area (TPSA) is 21.3 Å². The highest BCUT2D eigenvalue weighted by atomic mass is 19.1. The number of hydrogen-bond acceptors (Lipinski definition) is 2. The van der Waals surface area contributed by atoms with Crippen LogP contribution in [0.3, 0.4) is 0 Å². The third kappa shape index (κ3) is 7.05. The summed E-state index contributed by atoms with van der Waals surface area (Å²) in [6.07, 6.45) is 2.77. The van der Waals surface area contributed by atoms with Crippen LogP contribution in [0.1, 0.15) is 46.1 Å². The fourth-order valence-corrected chi connectivity index (χ4v) is 2.31. The maximum absolute atomic E-state index is 13.8. The minimum Gasteiger partial charge on any atom is -0.379 e. The number of ether oxygens (including phenoxy) is 1. The average Bonchev–Trinajstić information content (AvgIpc) is 2.44. The Bertz CT molecular complexity index is 417. The fraction of sp³-hybridized carbons (Fsp3) is 0.667. The Morgan fingerprint density at radius 3 is 2.48 bits per heavy atom. The Kier molecular flexibility index (Phi) is 7.33. The highest BCUT2D eigenvalue weighted by molar-refractivity contribution is 5.17. The number of methoxy groups -OCH3 is 1. The van der Waals surface area contributed by atoms with Crippen molar-refractivity contribution in [2.75, 3.05) is 13.7 Å². The van der Waals surface area contributed by atoms with Gasteiger partial charge in [-0.15, -0.1) is 0 Å². The van der Waals surface area contributed by atoms with E-state index in [1.54, 1.807) is 19.2 Å². The Labute approximate surface area is 129 Å². The SMILES string of the molecule is COC(C)(C)CCC(CNC(C)C)Cc1ccccc1F. The molecule has 21 heavy (non-hydrogen) atoms. The third-order valence-electron chi connectivity index (χ3n) is 3.99. The molecule has 0 aliphatic heterocycles. The molecule has 0 radical (unpaired) electrons. The maximum Gasteiger partial charge on any atom is 0.126 e. The van der Waals surface area contributed by atoms with E-state index in [0.29, 0.717) is 12.0 Å². The number of nitrogens with one attached hydrogen (secondary N) is 1. The number of hydrogen-bond donors (Lipinski definition) is 1. The standard InChI is InChI=1S/C18H30FNO/c1-14(2)20-13-15(10-11-18(3,4)21-5)12-16-8-6-7-9-17(16)19/h6-9,14-15,20H,10-13H2,1-5H3. The monoisotopic (exact) mass is 295 g/mol. The molecule has 1 rings (SSSR count). The van der Waals surface area contributed by atoms with Crippen molar-refractivity contribution in [3.05, 3.63) is 35.6 Å². The second-order valence-electron chi connectivity index (χ2n) is 6.73. The van der Waals surface area contributed by atoms with Gasteiger partial charge in [0.25, 0.3) is 0 Å². The molecule has 0 fully saturated rings. The number of rotatable bonds is 9. The maximum atomic E-state index is 13.8. The van der Waals surface area contributed by atoms with Gasteiger partial charge < -0.3 is 10.1 Å². The predicted molar refractivity (Wildman–Crippen MR) is 87.1 cm³/mol. The molecule has 0 saturated heterocycles. The zero-order valence-corrected chi connectivity index (χ0v) is 14.1. The molecule has 1 aromatic rings. The fourth-order valence-electron chi connectivity index (χ4n) is 2.31. The van der Waals surface area contributed by atoms with Gasteiger partial charge in [0.05, 0.1) is 5.60 Å². The van der Waals surface area contributed by atoms with Crippen molar-refractivity contribution in [2.24, 2.45) is 5.92 Å². The summed E-state index contributed by atoms with van der Waals surface area (Å²) >= 11 is 0. The van der Waals surface area contributed by atoms with Crippen molar-refractivity contribution in [1.82, 2.24) is 5.32 Å². The number of benzene rings is 1. The van der Waals surface area contributed by atoms with E-state index < -0.39 is 0 Å². The largest absolute Gasteiger partial charge is 0.379 e.